The third kappa shape index (κ3) is 6.78. The van der Waals surface area contributed by atoms with Crippen LogP contribution in [0.25, 0.3) is 0 Å². The van der Waals surface area contributed by atoms with Gasteiger partial charge in [-0.05, 0) is 74.7 Å². The van der Waals surface area contributed by atoms with Crippen LogP contribution in [0, 0.1) is 13.8 Å². The number of hydrogen-bond donors (Lipinski definition) is 1. The molecule has 1 amide bonds. The Morgan fingerprint density at radius 2 is 1.49 bits per heavy atom. The second-order valence-corrected chi connectivity index (χ2v) is 13.2. The maximum absolute atomic E-state index is 13.5. The van der Waals surface area contributed by atoms with E-state index in [2.05, 4.69) is 5.32 Å². The Bertz CT molecular complexity index is 1500. The van der Waals surface area contributed by atoms with Crippen LogP contribution < -0.4 is 14.4 Å². The van der Waals surface area contributed by atoms with Gasteiger partial charge in [0.25, 0.3) is 10.0 Å². The van der Waals surface area contributed by atoms with E-state index in [1.165, 1.54) is 28.6 Å². The number of aryl methyl sites for hydroxylation is 2. The van der Waals surface area contributed by atoms with E-state index in [0.717, 1.165) is 28.3 Å². The number of sulfonamides is 2. The average Bonchev–Trinajstić information content (AvgIpc) is 3.47. The summed E-state index contributed by atoms with van der Waals surface area (Å²) < 4.78 is 60.6. The lowest BCUT2D eigenvalue weighted by Gasteiger charge is -2.25. The van der Waals surface area contributed by atoms with Crippen LogP contribution in [-0.2, 0) is 24.8 Å². The molecule has 1 aliphatic rings. The number of para-hydroxylation sites is 1. The van der Waals surface area contributed by atoms with E-state index in [-0.39, 0.29) is 22.9 Å². The molecule has 0 unspecified atom stereocenters. The van der Waals surface area contributed by atoms with Gasteiger partial charge in [0, 0.05) is 13.1 Å². The monoisotopic (exact) mass is 571 g/mol. The number of carbonyl (C=O) groups excluding carboxylic acids is 1. The normalized spacial score (nSPS) is 14.2. The van der Waals surface area contributed by atoms with Gasteiger partial charge in [-0.25, -0.2) is 16.8 Å². The molecule has 4 rings (SSSR count). The van der Waals surface area contributed by atoms with Crippen molar-refractivity contribution in [3.05, 3.63) is 83.9 Å². The van der Waals surface area contributed by atoms with E-state index < -0.39 is 32.5 Å². The molecule has 0 saturated carbocycles. The first-order valence-corrected chi connectivity index (χ1v) is 15.6. The summed E-state index contributed by atoms with van der Waals surface area (Å²) in [7, 11) is -7.49. The van der Waals surface area contributed by atoms with Crippen molar-refractivity contribution >= 4 is 31.6 Å². The Hall–Kier alpha value is -3.41. The first-order chi connectivity index (χ1) is 18.6. The van der Waals surface area contributed by atoms with Gasteiger partial charge in [-0.15, -0.1) is 0 Å². The van der Waals surface area contributed by atoms with Gasteiger partial charge in [-0.3, -0.25) is 9.10 Å². The van der Waals surface area contributed by atoms with Gasteiger partial charge in [0.05, 0.1) is 22.0 Å². The third-order valence-electron chi connectivity index (χ3n) is 6.50. The molecule has 1 N–H and O–H groups in total. The Labute approximate surface area is 230 Å². The second kappa shape index (κ2) is 12.2. The fourth-order valence-electron chi connectivity index (χ4n) is 4.31. The van der Waals surface area contributed by atoms with Crippen LogP contribution in [0.4, 0.5) is 5.69 Å². The minimum Gasteiger partial charge on any atom is -0.492 e. The average molecular weight is 572 g/mol. The van der Waals surface area contributed by atoms with Crippen LogP contribution in [0.1, 0.15) is 24.0 Å². The molecular formula is C28H33N3O6S2. The number of benzene rings is 3. The maximum Gasteiger partial charge on any atom is 0.264 e. The van der Waals surface area contributed by atoms with E-state index >= 15 is 0 Å². The molecule has 3 aromatic carbocycles. The van der Waals surface area contributed by atoms with Crippen molar-refractivity contribution in [2.24, 2.45) is 0 Å². The highest BCUT2D eigenvalue weighted by molar-refractivity contribution is 7.92. The lowest BCUT2D eigenvalue weighted by Crippen LogP contribution is -2.42. The number of hydrogen-bond acceptors (Lipinski definition) is 6. The summed E-state index contributed by atoms with van der Waals surface area (Å²) in [6.45, 7) is 4.60. The van der Waals surface area contributed by atoms with Crippen LogP contribution in [0.15, 0.2) is 82.6 Å². The number of rotatable bonds is 11. The second-order valence-electron chi connectivity index (χ2n) is 9.39. The van der Waals surface area contributed by atoms with Crippen molar-refractivity contribution in [1.29, 1.82) is 0 Å². The summed E-state index contributed by atoms with van der Waals surface area (Å²) in [5.41, 5.74) is 2.07. The van der Waals surface area contributed by atoms with E-state index in [9.17, 15) is 21.6 Å². The van der Waals surface area contributed by atoms with Crippen LogP contribution in [0.5, 0.6) is 5.75 Å². The van der Waals surface area contributed by atoms with Gasteiger partial charge in [0.2, 0.25) is 15.9 Å². The molecule has 0 aromatic heterocycles. The van der Waals surface area contributed by atoms with Gasteiger partial charge in [-0.2, -0.15) is 4.31 Å². The molecule has 1 aliphatic heterocycles. The first kappa shape index (κ1) is 28.6. The lowest BCUT2D eigenvalue weighted by molar-refractivity contribution is -0.119. The predicted molar refractivity (Wildman–Crippen MR) is 150 cm³/mol. The van der Waals surface area contributed by atoms with Crippen LogP contribution in [-0.4, -0.2) is 59.8 Å². The van der Waals surface area contributed by atoms with Crippen LogP contribution >= 0.6 is 0 Å². The number of anilines is 1. The number of carbonyl (C=O) groups is 1. The van der Waals surface area contributed by atoms with Crippen molar-refractivity contribution in [3.63, 3.8) is 0 Å². The molecule has 0 spiro atoms. The van der Waals surface area contributed by atoms with Crippen LogP contribution in [0.3, 0.4) is 0 Å². The Morgan fingerprint density at radius 3 is 2.13 bits per heavy atom. The molecule has 0 radical (unpaired) electrons. The zero-order valence-corrected chi connectivity index (χ0v) is 23.7. The fraction of sp³-hybridized carbons (Fsp3) is 0.321. The summed E-state index contributed by atoms with van der Waals surface area (Å²) in [6, 6.07) is 19.7. The SMILES string of the molecule is Cc1ccc(S(=O)(=O)N(CC(=O)NCCOc2ccc(S(=O)(=O)N3CCCC3)cc2)c2ccccc2C)cc1. The Balaban J connectivity index is 1.36. The molecule has 1 saturated heterocycles. The van der Waals surface area contributed by atoms with Gasteiger partial charge < -0.3 is 10.1 Å². The summed E-state index contributed by atoms with van der Waals surface area (Å²) in [4.78, 5) is 13.1. The van der Waals surface area contributed by atoms with E-state index in [0.29, 0.717) is 24.5 Å². The number of nitrogens with zero attached hydrogens (tertiary/aromatic N) is 2. The van der Waals surface area contributed by atoms with E-state index in [1.807, 2.05) is 6.92 Å². The molecule has 39 heavy (non-hydrogen) atoms. The predicted octanol–water partition coefficient (Wildman–Crippen LogP) is 3.48. The van der Waals surface area contributed by atoms with Crippen molar-refractivity contribution in [2.75, 3.05) is 37.1 Å². The molecular weight excluding hydrogens is 538 g/mol. The third-order valence-corrected chi connectivity index (χ3v) is 10.2. The van der Waals surface area contributed by atoms with Crippen LogP contribution in [0.2, 0.25) is 0 Å². The Morgan fingerprint density at radius 1 is 0.872 bits per heavy atom. The lowest BCUT2D eigenvalue weighted by atomic mass is 10.2. The molecule has 208 valence electrons. The molecule has 9 nitrogen and oxygen atoms in total. The zero-order chi connectivity index (χ0) is 28.0. The van der Waals surface area contributed by atoms with Crippen molar-refractivity contribution in [3.8, 4) is 5.75 Å². The van der Waals surface area contributed by atoms with Crippen molar-refractivity contribution in [2.45, 2.75) is 36.5 Å². The number of ether oxygens (including phenoxy) is 1. The molecule has 1 heterocycles. The van der Waals surface area contributed by atoms with Gasteiger partial charge in [0.15, 0.2) is 0 Å². The Kier molecular flexibility index (Phi) is 8.94. The van der Waals surface area contributed by atoms with Gasteiger partial charge >= 0.3 is 0 Å². The molecule has 0 aliphatic carbocycles. The highest BCUT2D eigenvalue weighted by Gasteiger charge is 2.28. The first-order valence-electron chi connectivity index (χ1n) is 12.7. The largest absolute Gasteiger partial charge is 0.492 e. The summed E-state index contributed by atoms with van der Waals surface area (Å²) in [6.07, 6.45) is 1.74. The maximum atomic E-state index is 13.5. The summed E-state index contributed by atoms with van der Waals surface area (Å²) >= 11 is 0. The zero-order valence-electron chi connectivity index (χ0n) is 22.0. The van der Waals surface area contributed by atoms with E-state index in [4.69, 9.17) is 4.74 Å². The molecule has 0 atom stereocenters. The quantitative estimate of drug-likeness (QED) is 0.353. The highest BCUT2D eigenvalue weighted by Crippen LogP contribution is 2.27. The summed E-state index contributed by atoms with van der Waals surface area (Å²) in [5.74, 6) is -0.0160. The fourth-order valence-corrected chi connectivity index (χ4v) is 7.31. The minimum atomic E-state index is -4.00. The molecule has 3 aromatic rings. The molecule has 1 fully saturated rings. The molecule has 0 bridgehead atoms. The van der Waals surface area contributed by atoms with E-state index in [1.54, 1.807) is 55.5 Å². The topological polar surface area (TPSA) is 113 Å². The van der Waals surface area contributed by atoms with Gasteiger partial charge in [0.1, 0.15) is 18.9 Å². The number of amides is 1. The number of nitrogens with one attached hydrogen (secondary N) is 1. The highest BCUT2D eigenvalue weighted by atomic mass is 32.2. The smallest absolute Gasteiger partial charge is 0.264 e. The standard InChI is InChI=1S/C28H33N3O6S2/c1-22-9-13-26(14-10-22)39(35,36)31(27-8-4-3-7-23(27)2)21-28(32)29-17-20-37-24-11-15-25(16-12-24)38(33,34)30-18-5-6-19-30/h3-4,7-16H,5-6,17-21H2,1-2H3,(H,29,32). The molecule has 11 heteroatoms. The summed E-state index contributed by atoms with van der Waals surface area (Å²) in [5, 5.41) is 2.71. The van der Waals surface area contributed by atoms with Gasteiger partial charge in [-0.1, -0.05) is 35.9 Å². The van der Waals surface area contributed by atoms with Crippen molar-refractivity contribution in [1.82, 2.24) is 9.62 Å². The van der Waals surface area contributed by atoms with Crippen molar-refractivity contribution < 1.29 is 26.4 Å². The minimum absolute atomic E-state index is 0.0997.